The maximum Gasteiger partial charge on any atom is 0.328 e. The molecular weight excluding hydrogens is 261 g/mol. The third-order valence-corrected chi connectivity index (χ3v) is 2.87. The van der Waals surface area contributed by atoms with Gasteiger partial charge in [0.05, 0.1) is 12.7 Å². The van der Waals surface area contributed by atoms with E-state index in [0.717, 1.165) is 5.56 Å². The Hall–Kier alpha value is -1.91. The molecule has 0 spiro atoms. The summed E-state index contributed by atoms with van der Waals surface area (Å²) in [4.78, 5) is 23.7. The Bertz CT molecular complexity index is 500. The van der Waals surface area contributed by atoms with Crippen molar-refractivity contribution in [3.63, 3.8) is 0 Å². The van der Waals surface area contributed by atoms with Gasteiger partial charge < -0.3 is 10.1 Å². The quantitative estimate of drug-likeness (QED) is 0.843. The molecule has 0 fully saturated rings. The molecule has 5 heteroatoms. The van der Waals surface area contributed by atoms with Crippen molar-refractivity contribution in [3.05, 3.63) is 35.1 Å². The predicted octanol–water partition coefficient (Wildman–Crippen LogP) is 2.45. The van der Waals surface area contributed by atoms with Crippen LogP contribution < -0.4 is 5.32 Å². The zero-order valence-electron chi connectivity index (χ0n) is 12.2. The molecule has 0 aromatic heterocycles. The second-order valence-electron chi connectivity index (χ2n) is 5.16. The fraction of sp³-hybridized carbons (Fsp3) is 0.467. The molecule has 1 rings (SSSR count). The monoisotopic (exact) mass is 281 g/mol. The average Bonchev–Trinajstić information content (AvgIpc) is 2.36. The number of aryl methyl sites for hydroxylation is 1. The number of hydrogen-bond donors (Lipinski definition) is 1. The Labute approximate surface area is 118 Å². The van der Waals surface area contributed by atoms with Crippen molar-refractivity contribution in [2.45, 2.75) is 33.2 Å². The minimum absolute atomic E-state index is 0.0757. The Balaban J connectivity index is 2.87. The lowest BCUT2D eigenvalue weighted by Gasteiger charge is -2.18. The molecule has 0 aliphatic carbocycles. The van der Waals surface area contributed by atoms with Crippen molar-refractivity contribution in [3.8, 4) is 0 Å². The Kier molecular flexibility index (Phi) is 5.67. The van der Waals surface area contributed by atoms with E-state index in [-0.39, 0.29) is 11.5 Å². The van der Waals surface area contributed by atoms with Crippen LogP contribution in [0.15, 0.2) is 18.2 Å². The highest BCUT2D eigenvalue weighted by Crippen LogP contribution is 2.12. The number of amides is 1. The summed E-state index contributed by atoms with van der Waals surface area (Å²) in [5, 5.41) is 2.52. The number of nitrogens with one attached hydrogen (secondary N) is 1. The number of carbonyl (C=O) groups is 2. The number of rotatable bonds is 5. The standard InChI is InChI=1S/C15H20FNO3/c1-9(2)7-13(15(19)20-4)17-14(18)11-6-5-10(3)8-12(11)16/h5-6,8-9,13H,7H2,1-4H3,(H,17,18). The van der Waals surface area contributed by atoms with Crippen molar-refractivity contribution in [1.82, 2.24) is 5.32 Å². The fourth-order valence-corrected chi connectivity index (χ4v) is 1.87. The SMILES string of the molecule is COC(=O)C(CC(C)C)NC(=O)c1ccc(C)cc1F. The van der Waals surface area contributed by atoms with Crippen molar-refractivity contribution >= 4 is 11.9 Å². The van der Waals surface area contributed by atoms with E-state index >= 15 is 0 Å². The number of ether oxygens (including phenoxy) is 1. The van der Waals surface area contributed by atoms with Crippen LogP contribution >= 0.6 is 0 Å². The summed E-state index contributed by atoms with van der Waals surface area (Å²) in [7, 11) is 1.26. The molecule has 0 heterocycles. The van der Waals surface area contributed by atoms with Gasteiger partial charge in [-0.25, -0.2) is 9.18 Å². The second-order valence-corrected chi connectivity index (χ2v) is 5.16. The van der Waals surface area contributed by atoms with Crippen LogP contribution in [0.25, 0.3) is 0 Å². The largest absolute Gasteiger partial charge is 0.467 e. The molecule has 1 amide bonds. The average molecular weight is 281 g/mol. The molecule has 1 unspecified atom stereocenters. The van der Waals surface area contributed by atoms with E-state index in [4.69, 9.17) is 0 Å². The lowest BCUT2D eigenvalue weighted by Crippen LogP contribution is -2.42. The topological polar surface area (TPSA) is 55.4 Å². The summed E-state index contributed by atoms with van der Waals surface area (Å²) in [6.45, 7) is 5.59. The summed E-state index contributed by atoms with van der Waals surface area (Å²) >= 11 is 0. The Morgan fingerprint density at radius 2 is 2.00 bits per heavy atom. The van der Waals surface area contributed by atoms with Crippen molar-refractivity contribution < 1.29 is 18.7 Å². The van der Waals surface area contributed by atoms with E-state index in [2.05, 4.69) is 10.1 Å². The number of halogens is 1. The summed E-state index contributed by atoms with van der Waals surface area (Å²) in [5.41, 5.74) is 0.652. The molecule has 0 saturated carbocycles. The van der Waals surface area contributed by atoms with E-state index < -0.39 is 23.7 Å². The number of benzene rings is 1. The zero-order valence-corrected chi connectivity index (χ0v) is 12.2. The number of carbonyl (C=O) groups excluding carboxylic acids is 2. The summed E-state index contributed by atoms with van der Waals surface area (Å²) in [5.74, 6) is -1.55. The van der Waals surface area contributed by atoms with Gasteiger partial charge in [0.25, 0.3) is 5.91 Å². The maximum absolute atomic E-state index is 13.7. The summed E-state index contributed by atoms with van der Waals surface area (Å²) < 4.78 is 18.4. The van der Waals surface area contributed by atoms with Crippen LogP contribution in [0.1, 0.15) is 36.2 Å². The third-order valence-electron chi connectivity index (χ3n) is 2.87. The lowest BCUT2D eigenvalue weighted by molar-refractivity contribution is -0.143. The number of methoxy groups -OCH3 is 1. The van der Waals surface area contributed by atoms with Crippen LogP contribution in [-0.2, 0) is 9.53 Å². The Morgan fingerprint density at radius 1 is 1.35 bits per heavy atom. The van der Waals surface area contributed by atoms with E-state index in [1.54, 1.807) is 13.0 Å². The minimum Gasteiger partial charge on any atom is -0.467 e. The van der Waals surface area contributed by atoms with E-state index in [9.17, 15) is 14.0 Å². The van der Waals surface area contributed by atoms with Gasteiger partial charge in [-0.3, -0.25) is 4.79 Å². The molecule has 4 nitrogen and oxygen atoms in total. The smallest absolute Gasteiger partial charge is 0.328 e. The van der Waals surface area contributed by atoms with Crippen LogP contribution in [0.4, 0.5) is 4.39 Å². The van der Waals surface area contributed by atoms with Gasteiger partial charge in [0.2, 0.25) is 0 Å². The second kappa shape index (κ2) is 7.03. The molecule has 0 bridgehead atoms. The van der Waals surface area contributed by atoms with Crippen LogP contribution in [0.2, 0.25) is 0 Å². The first-order chi connectivity index (χ1) is 9.35. The molecule has 1 N–H and O–H groups in total. The van der Waals surface area contributed by atoms with Crippen LogP contribution in [-0.4, -0.2) is 25.0 Å². The van der Waals surface area contributed by atoms with Crippen molar-refractivity contribution in [2.75, 3.05) is 7.11 Å². The lowest BCUT2D eigenvalue weighted by atomic mass is 10.0. The summed E-state index contributed by atoms with van der Waals surface area (Å²) in [6, 6.07) is 3.56. The highest BCUT2D eigenvalue weighted by Gasteiger charge is 2.24. The van der Waals surface area contributed by atoms with Gasteiger partial charge in [0, 0.05) is 0 Å². The third kappa shape index (κ3) is 4.33. The molecule has 0 aliphatic rings. The van der Waals surface area contributed by atoms with Gasteiger partial charge in [0.15, 0.2) is 0 Å². The van der Waals surface area contributed by atoms with Crippen LogP contribution in [0.5, 0.6) is 0 Å². The van der Waals surface area contributed by atoms with Gasteiger partial charge in [-0.15, -0.1) is 0 Å². The van der Waals surface area contributed by atoms with Crippen LogP contribution in [0, 0.1) is 18.7 Å². The highest BCUT2D eigenvalue weighted by atomic mass is 19.1. The molecule has 110 valence electrons. The minimum atomic E-state index is -0.770. The van der Waals surface area contributed by atoms with Crippen LogP contribution in [0.3, 0.4) is 0 Å². The molecule has 20 heavy (non-hydrogen) atoms. The van der Waals surface area contributed by atoms with E-state index in [0.29, 0.717) is 6.42 Å². The van der Waals surface area contributed by atoms with Gasteiger partial charge in [-0.05, 0) is 37.0 Å². The molecule has 0 radical (unpaired) electrons. The summed E-state index contributed by atoms with van der Waals surface area (Å²) in [6.07, 6.45) is 0.436. The molecule has 1 aromatic carbocycles. The van der Waals surface area contributed by atoms with Crippen molar-refractivity contribution in [1.29, 1.82) is 0 Å². The molecule has 1 aromatic rings. The first kappa shape index (κ1) is 16.1. The maximum atomic E-state index is 13.7. The highest BCUT2D eigenvalue weighted by molar-refractivity contribution is 5.97. The predicted molar refractivity (Wildman–Crippen MR) is 73.9 cm³/mol. The van der Waals surface area contributed by atoms with Gasteiger partial charge in [-0.2, -0.15) is 0 Å². The van der Waals surface area contributed by atoms with Gasteiger partial charge in [-0.1, -0.05) is 19.9 Å². The molecule has 0 aliphatic heterocycles. The van der Waals surface area contributed by atoms with Crippen molar-refractivity contribution in [2.24, 2.45) is 5.92 Å². The van der Waals surface area contributed by atoms with Gasteiger partial charge in [0.1, 0.15) is 11.9 Å². The van der Waals surface area contributed by atoms with E-state index in [1.165, 1.54) is 19.2 Å². The zero-order chi connectivity index (χ0) is 15.3. The molecule has 1 atom stereocenters. The first-order valence-corrected chi connectivity index (χ1v) is 6.50. The number of esters is 1. The molecular formula is C15H20FNO3. The van der Waals surface area contributed by atoms with Gasteiger partial charge >= 0.3 is 5.97 Å². The first-order valence-electron chi connectivity index (χ1n) is 6.50. The number of hydrogen-bond acceptors (Lipinski definition) is 3. The normalized spacial score (nSPS) is 12.1. The fourth-order valence-electron chi connectivity index (χ4n) is 1.87. The Morgan fingerprint density at radius 3 is 2.50 bits per heavy atom. The van der Waals surface area contributed by atoms with E-state index in [1.807, 2.05) is 13.8 Å². The molecule has 0 saturated heterocycles.